The zero-order chi connectivity index (χ0) is 18.4. The molecule has 1 N–H and O–H groups in total. The molecule has 140 valence electrons. The second-order valence-electron chi connectivity index (χ2n) is 6.85. The molecule has 0 unspecified atom stereocenters. The highest BCUT2D eigenvalue weighted by Crippen LogP contribution is 2.26. The average Bonchev–Trinajstić information content (AvgIpc) is 3.09. The minimum Gasteiger partial charge on any atom is -0.486 e. The summed E-state index contributed by atoms with van der Waals surface area (Å²) in [5.74, 6) is 1.66. The van der Waals surface area contributed by atoms with E-state index in [0.29, 0.717) is 24.1 Å². The van der Waals surface area contributed by atoms with Gasteiger partial charge in [0.25, 0.3) is 0 Å². The summed E-state index contributed by atoms with van der Waals surface area (Å²) < 4.78 is 5.70. The van der Waals surface area contributed by atoms with Crippen molar-refractivity contribution in [2.24, 2.45) is 5.92 Å². The molecule has 1 amide bonds. The van der Waals surface area contributed by atoms with Gasteiger partial charge in [-0.05, 0) is 55.9 Å². The topological polar surface area (TPSA) is 51.2 Å². The van der Waals surface area contributed by atoms with E-state index in [1.165, 1.54) is 30.6 Å². The maximum absolute atomic E-state index is 12.3. The fourth-order valence-electron chi connectivity index (χ4n) is 3.33. The summed E-state index contributed by atoms with van der Waals surface area (Å²) in [6.07, 6.45) is 6.24. The minimum absolute atomic E-state index is 0.0698. The van der Waals surface area contributed by atoms with Crippen LogP contribution in [0.2, 0.25) is 5.02 Å². The zero-order valence-corrected chi connectivity index (χ0v) is 16.6. The van der Waals surface area contributed by atoms with Crippen LogP contribution in [0.15, 0.2) is 29.6 Å². The number of nitrogens with one attached hydrogen (secondary N) is 1. The van der Waals surface area contributed by atoms with Crippen molar-refractivity contribution in [1.82, 2.24) is 10.3 Å². The monoisotopic (exact) mass is 392 g/mol. The van der Waals surface area contributed by atoms with Crippen LogP contribution in [-0.2, 0) is 17.8 Å². The van der Waals surface area contributed by atoms with E-state index >= 15 is 0 Å². The average molecular weight is 393 g/mol. The maximum Gasteiger partial charge on any atom is 0.226 e. The second-order valence-corrected chi connectivity index (χ2v) is 8.22. The van der Waals surface area contributed by atoms with E-state index in [4.69, 9.17) is 16.3 Å². The number of ether oxygens (including phenoxy) is 1. The molecule has 0 bridgehead atoms. The Morgan fingerprint density at radius 3 is 2.69 bits per heavy atom. The van der Waals surface area contributed by atoms with Crippen molar-refractivity contribution in [3.8, 4) is 5.75 Å². The molecule has 0 atom stereocenters. The molecule has 6 heteroatoms. The Labute approximate surface area is 163 Å². The summed E-state index contributed by atoms with van der Waals surface area (Å²) in [7, 11) is 0. The van der Waals surface area contributed by atoms with Crippen LogP contribution >= 0.6 is 22.9 Å². The van der Waals surface area contributed by atoms with Crippen molar-refractivity contribution in [2.45, 2.75) is 58.1 Å². The van der Waals surface area contributed by atoms with E-state index in [-0.39, 0.29) is 5.91 Å². The van der Waals surface area contributed by atoms with Gasteiger partial charge >= 0.3 is 0 Å². The molecule has 1 fully saturated rings. The highest BCUT2D eigenvalue weighted by atomic mass is 35.5. The van der Waals surface area contributed by atoms with Crippen LogP contribution in [-0.4, -0.2) is 16.9 Å². The molecule has 0 spiro atoms. The quantitative estimate of drug-likeness (QED) is 0.721. The first-order valence-corrected chi connectivity index (χ1v) is 10.5. The number of hydrogen-bond acceptors (Lipinski definition) is 4. The summed E-state index contributed by atoms with van der Waals surface area (Å²) in [5.41, 5.74) is 0.810. The number of benzene rings is 1. The number of halogens is 1. The fourth-order valence-corrected chi connectivity index (χ4v) is 4.16. The molecule has 4 nitrogen and oxygen atoms in total. The molecule has 0 saturated heterocycles. The van der Waals surface area contributed by atoms with Gasteiger partial charge in [-0.1, -0.05) is 24.9 Å². The molecule has 0 radical (unpaired) electrons. The number of hydrogen-bond donors (Lipinski definition) is 1. The van der Waals surface area contributed by atoms with Crippen LogP contribution in [0.5, 0.6) is 5.75 Å². The lowest BCUT2D eigenvalue weighted by atomic mass is 9.84. The first-order valence-electron chi connectivity index (χ1n) is 9.23. The Morgan fingerprint density at radius 2 is 2.00 bits per heavy atom. The molecule has 2 aromatic rings. The van der Waals surface area contributed by atoms with Gasteiger partial charge < -0.3 is 10.1 Å². The van der Waals surface area contributed by atoms with E-state index in [1.54, 1.807) is 12.1 Å². The Bertz CT molecular complexity index is 709. The molecule has 26 heavy (non-hydrogen) atoms. The predicted molar refractivity (Wildman–Crippen MR) is 106 cm³/mol. The maximum atomic E-state index is 12.3. The third-order valence-corrected chi connectivity index (χ3v) is 6.03. The Hall–Kier alpha value is -1.59. The summed E-state index contributed by atoms with van der Waals surface area (Å²) in [5, 5.41) is 6.66. The molecule has 1 heterocycles. The summed E-state index contributed by atoms with van der Waals surface area (Å²) >= 11 is 7.38. The molecular formula is C20H25ClN2O2S. The Morgan fingerprint density at radius 1 is 1.27 bits per heavy atom. The summed E-state index contributed by atoms with van der Waals surface area (Å²) in [6, 6.07) is 7.58. The largest absolute Gasteiger partial charge is 0.486 e. The van der Waals surface area contributed by atoms with Crippen molar-refractivity contribution < 1.29 is 9.53 Å². The number of aromatic nitrogens is 1. The van der Waals surface area contributed by atoms with E-state index < -0.39 is 0 Å². The molecule has 3 rings (SSSR count). The Balaban J connectivity index is 1.43. The number of carbonyl (C=O) groups is 1. The highest BCUT2D eigenvalue weighted by Gasteiger charge is 2.21. The number of nitrogens with zero attached hydrogens (tertiary/aromatic N) is 1. The van der Waals surface area contributed by atoms with Gasteiger partial charge in [0.1, 0.15) is 17.4 Å². The smallest absolute Gasteiger partial charge is 0.226 e. The SMILES string of the molecule is CCC1CCC(NC(=O)Cc2csc(COc3ccc(Cl)cc3)n2)CC1. The standard InChI is InChI=1S/C20H25ClN2O2S/c1-2-14-3-7-16(8-4-14)22-19(24)11-17-13-26-20(23-17)12-25-18-9-5-15(21)6-10-18/h5-6,9-10,13-14,16H,2-4,7-8,11-12H2,1H3,(H,22,24). The zero-order valence-electron chi connectivity index (χ0n) is 15.0. The lowest BCUT2D eigenvalue weighted by molar-refractivity contribution is -0.121. The summed E-state index contributed by atoms with van der Waals surface area (Å²) in [6.45, 7) is 2.65. The number of carbonyl (C=O) groups excluding carboxylic acids is 1. The van der Waals surface area contributed by atoms with Crippen LogP contribution < -0.4 is 10.1 Å². The molecule has 1 aromatic heterocycles. The van der Waals surface area contributed by atoms with Crippen LogP contribution in [0.3, 0.4) is 0 Å². The van der Waals surface area contributed by atoms with Gasteiger partial charge in [0.05, 0.1) is 12.1 Å². The van der Waals surface area contributed by atoms with Gasteiger partial charge in [-0.2, -0.15) is 0 Å². The van der Waals surface area contributed by atoms with Gasteiger partial charge in [0.2, 0.25) is 5.91 Å². The van der Waals surface area contributed by atoms with Crippen LogP contribution in [0.4, 0.5) is 0 Å². The van der Waals surface area contributed by atoms with Crippen LogP contribution in [0.1, 0.15) is 49.7 Å². The number of thiazole rings is 1. The van der Waals surface area contributed by atoms with Gasteiger partial charge in [-0.15, -0.1) is 11.3 Å². The molecule has 1 saturated carbocycles. The molecular weight excluding hydrogens is 368 g/mol. The van der Waals surface area contributed by atoms with Crippen molar-refractivity contribution in [3.63, 3.8) is 0 Å². The third-order valence-electron chi connectivity index (χ3n) is 4.91. The highest BCUT2D eigenvalue weighted by molar-refractivity contribution is 7.09. The van der Waals surface area contributed by atoms with Gasteiger partial charge in [0.15, 0.2) is 0 Å². The normalized spacial score (nSPS) is 19.9. The predicted octanol–water partition coefficient (Wildman–Crippen LogP) is 5.00. The van der Waals surface area contributed by atoms with Gasteiger partial charge in [0, 0.05) is 16.4 Å². The fraction of sp³-hybridized carbons (Fsp3) is 0.500. The van der Waals surface area contributed by atoms with Gasteiger partial charge in [-0.3, -0.25) is 4.79 Å². The van der Waals surface area contributed by atoms with E-state index in [1.807, 2.05) is 17.5 Å². The van der Waals surface area contributed by atoms with Crippen molar-refractivity contribution in [3.05, 3.63) is 45.4 Å². The van der Waals surface area contributed by atoms with Crippen LogP contribution in [0, 0.1) is 5.92 Å². The van der Waals surface area contributed by atoms with Crippen molar-refractivity contribution in [1.29, 1.82) is 0 Å². The lowest BCUT2D eigenvalue weighted by Gasteiger charge is -2.28. The second kappa shape index (κ2) is 9.38. The molecule has 0 aliphatic heterocycles. The van der Waals surface area contributed by atoms with Gasteiger partial charge in [-0.25, -0.2) is 4.98 Å². The van der Waals surface area contributed by atoms with Crippen molar-refractivity contribution >= 4 is 28.8 Å². The molecule has 1 aromatic carbocycles. The lowest BCUT2D eigenvalue weighted by Crippen LogP contribution is -2.38. The van der Waals surface area contributed by atoms with E-state index in [2.05, 4.69) is 17.2 Å². The summed E-state index contributed by atoms with van der Waals surface area (Å²) in [4.78, 5) is 16.8. The minimum atomic E-state index is 0.0698. The molecule has 1 aliphatic rings. The number of amides is 1. The van der Waals surface area contributed by atoms with Crippen molar-refractivity contribution in [2.75, 3.05) is 0 Å². The Kier molecular flexibility index (Phi) is 6.92. The van der Waals surface area contributed by atoms with Crippen LogP contribution in [0.25, 0.3) is 0 Å². The van der Waals surface area contributed by atoms with E-state index in [9.17, 15) is 4.79 Å². The third kappa shape index (κ3) is 5.71. The molecule has 1 aliphatic carbocycles. The number of rotatable bonds is 7. The first-order chi connectivity index (χ1) is 12.6. The first kappa shape index (κ1) is 19.2. The van der Waals surface area contributed by atoms with E-state index in [0.717, 1.165) is 35.2 Å².